The van der Waals surface area contributed by atoms with Gasteiger partial charge in [0.05, 0.1) is 24.3 Å². The van der Waals surface area contributed by atoms with E-state index in [0.29, 0.717) is 19.8 Å². The van der Waals surface area contributed by atoms with Gasteiger partial charge in [0.15, 0.2) is 17.4 Å². The van der Waals surface area contributed by atoms with Crippen molar-refractivity contribution in [3.8, 4) is 5.75 Å². The number of ether oxygens (including phenoxy) is 3. The summed E-state index contributed by atoms with van der Waals surface area (Å²) in [5.41, 5.74) is 5.66. The van der Waals surface area contributed by atoms with E-state index >= 15 is 0 Å². The van der Waals surface area contributed by atoms with Crippen LogP contribution in [-0.4, -0.2) is 44.6 Å². The van der Waals surface area contributed by atoms with Gasteiger partial charge in [-0.3, -0.25) is 0 Å². The smallest absolute Gasteiger partial charge is 0.179 e. The van der Waals surface area contributed by atoms with Crippen LogP contribution in [-0.2, 0) is 9.47 Å². The summed E-state index contributed by atoms with van der Waals surface area (Å²) < 4.78 is 29.3. The maximum absolute atomic E-state index is 14.0. The van der Waals surface area contributed by atoms with Crippen LogP contribution in [0.3, 0.4) is 0 Å². The number of benzene rings is 1. The molecule has 20 heavy (non-hydrogen) atoms. The molecule has 0 heterocycles. The maximum Gasteiger partial charge on any atom is 0.179 e. The van der Waals surface area contributed by atoms with Gasteiger partial charge in [0.25, 0.3) is 0 Å². The highest BCUT2D eigenvalue weighted by Gasteiger charge is 2.14. The molecule has 0 bridgehead atoms. The number of nitrogens with two attached hydrogens (primary N) is 1. The summed E-state index contributed by atoms with van der Waals surface area (Å²) in [4.78, 5) is 0. The summed E-state index contributed by atoms with van der Waals surface area (Å²) >= 11 is 3.04. The third-order valence-electron chi connectivity index (χ3n) is 2.35. The van der Waals surface area contributed by atoms with E-state index in [0.717, 1.165) is 0 Å². The number of hydrogen-bond acceptors (Lipinski definition) is 5. The van der Waals surface area contributed by atoms with Crippen LogP contribution in [0.5, 0.6) is 5.75 Å². The van der Waals surface area contributed by atoms with Gasteiger partial charge in [-0.05, 0) is 28.1 Å². The number of amidine groups is 1. The van der Waals surface area contributed by atoms with E-state index in [-0.39, 0.29) is 28.2 Å². The Morgan fingerprint density at radius 3 is 2.70 bits per heavy atom. The van der Waals surface area contributed by atoms with Crippen LogP contribution < -0.4 is 10.5 Å². The minimum absolute atomic E-state index is 0.0571. The van der Waals surface area contributed by atoms with Crippen LogP contribution in [0.15, 0.2) is 21.8 Å². The van der Waals surface area contributed by atoms with Gasteiger partial charge in [-0.25, -0.2) is 4.39 Å². The van der Waals surface area contributed by atoms with Gasteiger partial charge in [-0.2, -0.15) is 0 Å². The summed E-state index contributed by atoms with van der Waals surface area (Å²) in [6.07, 6.45) is 0. The number of rotatable bonds is 8. The Kier molecular flexibility index (Phi) is 7.27. The molecule has 0 atom stereocenters. The van der Waals surface area contributed by atoms with E-state index in [1.54, 1.807) is 7.11 Å². The molecule has 0 fully saturated rings. The molecule has 8 heteroatoms. The van der Waals surface area contributed by atoms with Crippen molar-refractivity contribution in [1.82, 2.24) is 0 Å². The molecule has 0 radical (unpaired) electrons. The molecule has 0 aliphatic heterocycles. The summed E-state index contributed by atoms with van der Waals surface area (Å²) in [5.74, 6) is -0.752. The van der Waals surface area contributed by atoms with Crippen LogP contribution in [0.4, 0.5) is 4.39 Å². The average Bonchev–Trinajstić information content (AvgIpc) is 2.46. The zero-order valence-corrected chi connectivity index (χ0v) is 12.5. The van der Waals surface area contributed by atoms with E-state index in [4.69, 9.17) is 25.2 Å². The quantitative estimate of drug-likeness (QED) is 0.245. The molecule has 0 amide bonds. The zero-order valence-electron chi connectivity index (χ0n) is 10.9. The van der Waals surface area contributed by atoms with Crippen LogP contribution in [0.2, 0.25) is 0 Å². The average molecular weight is 351 g/mol. The lowest BCUT2D eigenvalue weighted by Crippen LogP contribution is -2.15. The van der Waals surface area contributed by atoms with E-state index in [9.17, 15) is 4.39 Å². The molecule has 3 N–H and O–H groups in total. The number of methoxy groups -OCH3 is 1. The highest BCUT2D eigenvalue weighted by Crippen LogP contribution is 2.28. The topological polar surface area (TPSA) is 86.3 Å². The molecule has 112 valence electrons. The molecule has 1 aromatic carbocycles. The second-order valence-electron chi connectivity index (χ2n) is 3.68. The van der Waals surface area contributed by atoms with Gasteiger partial charge in [0, 0.05) is 12.7 Å². The zero-order chi connectivity index (χ0) is 15.0. The van der Waals surface area contributed by atoms with Crippen LogP contribution in [0.25, 0.3) is 0 Å². The minimum atomic E-state index is -0.619. The fourth-order valence-electron chi connectivity index (χ4n) is 1.35. The van der Waals surface area contributed by atoms with Crippen molar-refractivity contribution in [1.29, 1.82) is 0 Å². The highest BCUT2D eigenvalue weighted by molar-refractivity contribution is 9.10. The summed E-state index contributed by atoms with van der Waals surface area (Å²) in [7, 11) is 1.58. The largest absolute Gasteiger partial charge is 0.488 e. The van der Waals surface area contributed by atoms with Crippen molar-refractivity contribution in [3.63, 3.8) is 0 Å². The molecule has 0 aliphatic carbocycles. The summed E-state index contributed by atoms with van der Waals surface area (Å²) in [6.45, 7) is 1.47. The van der Waals surface area contributed by atoms with Crippen molar-refractivity contribution in [2.24, 2.45) is 10.9 Å². The van der Waals surface area contributed by atoms with Crippen molar-refractivity contribution < 1.29 is 23.8 Å². The molecule has 0 aromatic heterocycles. The van der Waals surface area contributed by atoms with Gasteiger partial charge in [0.2, 0.25) is 0 Å². The fourth-order valence-corrected chi connectivity index (χ4v) is 1.88. The summed E-state index contributed by atoms with van der Waals surface area (Å²) in [6, 6.07) is 2.89. The van der Waals surface area contributed by atoms with Gasteiger partial charge in [0.1, 0.15) is 6.61 Å². The highest BCUT2D eigenvalue weighted by atomic mass is 79.9. The fraction of sp³-hybridized carbons (Fsp3) is 0.417. The molecule has 0 aliphatic rings. The predicted molar refractivity (Wildman–Crippen MR) is 74.8 cm³/mol. The van der Waals surface area contributed by atoms with E-state index < -0.39 is 5.82 Å². The number of nitrogens with zero attached hydrogens (tertiary/aromatic N) is 1. The van der Waals surface area contributed by atoms with Crippen LogP contribution in [0.1, 0.15) is 5.56 Å². The van der Waals surface area contributed by atoms with Gasteiger partial charge >= 0.3 is 0 Å². The van der Waals surface area contributed by atoms with Gasteiger partial charge in [-0.15, -0.1) is 0 Å². The molecular weight excluding hydrogens is 335 g/mol. The molecule has 0 spiro atoms. The molecule has 0 saturated heterocycles. The Bertz CT molecular complexity index is 471. The number of oxime groups is 1. The molecule has 0 saturated carbocycles. The predicted octanol–water partition coefficient (Wildman–Crippen LogP) is 1.72. The van der Waals surface area contributed by atoms with E-state index in [1.165, 1.54) is 12.1 Å². The standard InChI is InChI=1S/C12H16BrFN2O4/c1-18-4-5-19-6-7-20-9-3-2-8(12(15)16-17)10(13)11(9)14/h2-3,17H,4-7H2,1H3,(H2,15,16). The molecular formula is C12H16BrFN2O4. The normalized spacial score (nSPS) is 11.7. The Balaban J connectivity index is 2.58. The van der Waals surface area contributed by atoms with Crippen LogP contribution in [0, 0.1) is 5.82 Å². The van der Waals surface area contributed by atoms with Crippen molar-refractivity contribution >= 4 is 21.8 Å². The SMILES string of the molecule is COCCOCCOc1ccc(/C(N)=N/O)c(Br)c1F. The summed E-state index contributed by atoms with van der Waals surface area (Å²) in [5, 5.41) is 11.4. The second-order valence-corrected chi connectivity index (χ2v) is 4.47. The third-order valence-corrected chi connectivity index (χ3v) is 3.12. The Morgan fingerprint density at radius 2 is 2.05 bits per heavy atom. The Morgan fingerprint density at radius 1 is 1.35 bits per heavy atom. The molecule has 1 rings (SSSR count). The minimum Gasteiger partial charge on any atom is -0.488 e. The second kappa shape index (κ2) is 8.72. The molecule has 6 nitrogen and oxygen atoms in total. The Labute approximate surface area is 124 Å². The lowest BCUT2D eigenvalue weighted by Gasteiger charge is -2.10. The first-order valence-electron chi connectivity index (χ1n) is 5.77. The lowest BCUT2D eigenvalue weighted by molar-refractivity contribution is 0.0538. The Hall–Kier alpha value is -1.38. The first-order chi connectivity index (χ1) is 9.61. The van der Waals surface area contributed by atoms with E-state index in [2.05, 4.69) is 21.1 Å². The van der Waals surface area contributed by atoms with Gasteiger partial charge in [-0.1, -0.05) is 5.16 Å². The van der Waals surface area contributed by atoms with Crippen LogP contribution >= 0.6 is 15.9 Å². The first kappa shape index (κ1) is 16.7. The van der Waals surface area contributed by atoms with E-state index in [1.807, 2.05) is 0 Å². The van der Waals surface area contributed by atoms with Crippen molar-refractivity contribution in [2.45, 2.75) is 0 Å². The molecule has 1 aromatic rings. The molecule has 0 unspecified atom stereocenters. The van der Waals surface area contributed by atoms with Crippen molar-refractivity contribution in [2.75, 3.05) is 33.5 Å². The van der Waals surface area contributed by atoms with Gasteiger partial charge < -0.3 is 25.2 Å². The number of hydrogen-bond donors (Lipinski definition) is 2. The number of halogens is 2. The monoisotopic (exact) mass is 350 g/mol. The first-order valence-corrected chi connectivity index (χ1v) is 6.56. The van der Waals surface area contributed by atoms with Crippen molar-refractivity contribution in [3.05, 3.63) is 28.0 Å². The maximum atomic E-state index is 14.0. The lowest BCUT2D eigenvalue weighted by atomic mass is 10.2. The third kappa shape index (κ3) is 4.62.